The summed E-state index contributed by atoms with van der Waals surface area (Å²) in [5, 5.41) is 2.85. The van der Waals surface area contributed by atoms with Gasteiger partial charge < -0.3 is 24.1 Å². The molecule has 1 fully saturated rings. The number of esters is 1. The lowest BCUT2D eigenvalue weighted by molar-refractivity contribution is 0.00578. The zero-order valence-electron chi connectivity index (χ0n) is 23.4. The summed E-state index contributed by atoms with van der Waals surface area (Å²) in [6.07, 6.45) is 2.72. The lowest BCUT2D eigenvalue weighted by Crippen LogP contribution is -2.41. The molecule has 2 heterocycles. The van der Waals surface area contributed by atoms with E-state index in [1.54, 1.807) is 18.2 Å². The summed E-state index contributed by atoms with van der Waals surface area (Å²) in [7, 11) is 0.592. The summed E-state index contributed by atoms with van der Waals surface area (Å²) in [5.41, 5.74) is 4.95. The van der Waals surface area contributed by atoms with Gasteiger partial charge in [0.25, 0.3) is 0 Å². The molecule has 9 heteroatoms. The van der Waals surface area contributed by atoms with Crippen molar-refractivity contribution in [2.24, 2.45) is 0 Å². The molecule has 3 aromatic rings. The molecule has 0 unspecified atom stereocenters. The van der Waals surface area contributed by atoms with Crippen LogP contribution in [0.4, 0.5) is 4.79 Å². The number of rotatable bonds is 7. The Hall–Kier alpha value is -3.95. The van der Waals surface area contributed by atoms with Crippen molar-refractivity contribution in [3.05, 3.63) is 94.7 Å². The quantitative estimate of drug-likeness (QED) is 0.316. The topological polar surface area (TPSA) is 96.0 Å². The van der Waals surface area contributed by atoms with Gasteiger partial charge in [-0.05, 0) is 73.6 Å². The van der Waals surface area contributed by atoms with Gasteiger partial charge in [-0.2, -0.15) is 0 Å². The molecule has 0 bridgehead atoms. The summed E-state index contributed by atoms with van der Waals surface area (Å²) >= 11 is 0. The number of amides is 1. The Morgan fingerprint density at radius 2 is 1.57 bits per heavy atom. The Kier molecular flexibility index (Phi) is 7.53. The molecule has 0 radical (unpaired) electrons. The Morgan fingerprint density at radius 1 is 0.975 bits per heavy atom. The van der Waals surface area contributed by atoms with E-state index in [4.69, 9.17) is 18.8 Å². The van der Waals surface area contributed by atoms with Crippen molar-refractivity contribution >= 4 is 25.3 Å². The second-order valence-corrected chi connectivity index (χ2v) is 10.9. The first kappa shape index (κ1) is 27.6. The molecule has 1 aliphatic heterocycles. The van der Waals surface area contributed by atoms with Gasteiger partial charge in [0.2, 0.25) is 0 Å². The molecular formula is C31H33BN2O6. The van der Waals surface area contributed by atoms with Crippen LogP contribution in [-0.2, 0) is 18.8 Å². The number of carbonyl (C=O) groups is 2. The summed E-state index contributed by atoms with van der Waals surface area (Å²) in [5.74, 6) is -0.507. The first-order valence-corrected chi connectivity index (χ1v) is 13.3. The van der Waals surface area contributed by atoms with E-state index < -0.39 is 30.4 Å². The summed E-state index contributed by atoms with van der Waals surface area (Å²) in [6, 6.07) is 19.6. The molecule has 2 aliphatic rings. The van der Waals surface area contributed by atoms with Crippen LogP contribution in [-0.4, -0.2) is 55.6 Å². The molecule has 1 aromatic heterocycles. The molecule has 2 aromatic carbocycles. The second-order valence-electron chi connectivity index (χ2n) is 10.9. The average Bonchev–Trinajstić information content (AvgIpc) is 3.38. The van der Waals surface area contributed by atoms with Crippen LogP contribution in [0.25, 0.3) is 17.2 Å². The molecule has 5 rings (SSSR count). The summed E-state index contributed by atoms with van der Waals surface area (Å²) < 4.78 is 23.0. The van der Waals surface area contributed by atoms with Crippen molar-refractivity contribution in [2.45, 2.75) is 44.8 Å². The van der Waals surface area contributed by atoms with E-state index in [1.165, 1.54) is 24.4 Å². The highest BCUT2D eigenvalue weighted by Gasteiger charge is 2.52. The van der Waals surface area contributed by atoms with Crippen LogP contribution in [0.2, 0.25) is 0 Å². The van der Waals surface area contributed by atoms with E-state index in [1.807, 2.05) is 52.0 Å². The minimum absolute atomic E-state index is 0.0403. The number of nitrogens with zero attached hydrogens (tertiary/aromatic N) is 1. The molecule has 1 aliphatic carbocycles. The first-order valence-electron chi connectivity index (χ1n) is 13.3. The molecule has 0 atom stereocenters. The van der Waals surface area contributed by atoms with Gasteiger partial charge in [-0.15, -0.1) is 0 Å². The Morgan fingerprint density at radius 3 is 2.17 bits per heavy atom. The average molecular weight is 540 g/mol. The fraction of sp³-hybridized carbons (Fsp3) is 0.323. The zero-order chi connectivity index (χ0) is 28.5. The van der Waals surface area contributed by atoms with Gasteiger partial charge >= 0.3 is 19.2 Å². The number of nitrogens with one attached hydrogen (secondary N) is 1. The van der Waals surface area contributed by atoms with Gasteiger partial charge in [-0.3, -0.25) is 4.98 Å². The van der Waals surface area contributed by atoms with E-state index in [-0.39, 0.29) is 19.1 Å². The maximum absolute atomic E-state index is 12.9. The smallest absolute Gasteiger partial charge is 0.465 e. The number of methoxy groups -OCH3 is 1. The predicted molar refractivity (Wildman–Crippen MR) is 153 cm³/mol. The van der Waals surface area contributed by atoms with E-state index in [0.29, 0.717) is 16.7 Å². The van der Waals surface area contributed by atoms with Gasteiger partial charge in [0.05, 0.1) is 29.6 Å². The molecule has 206 valence electrons. The minimum Gasteiger partial charge on any atom is -0.465 e. The normalized spacial score (nSPS) is 17.2. The fourth-order valence-corrected chi connectivity index (χ4v) is 4.98. The number of hydrogen-bond acceptors (Lipinski definition) is 7. The van der Waals surface area contributed by atoms with Crippen LogP contribution < -0.4 is 5.32 Å². The van der Waals surface area contributed by atoms with E-state index in [2.05, 4.69) is 34.6 Å². The van der Waals surface area contributed by atoms with Crippen LogP contribution in [0.5, 0.6) is 0 Å². The van der Waals surface area contributed by atoms with Crippen molar-refractivity contribution in [1.82, 2.24) is 10.3 Å². The number of pyridine rings is 1. The van der Waals surface area contributed by atoms with Gasteiger partial charge in [-0.1, -0.05) is 48.5 Å². The summed E-state index contributed by atoms with van der Waals surface area (Å²) in [6.45, 7) is 8.13. The Bertz CT molecular complexity index is 1410. The van der Waals surface area contributed by atoms with Crippen LogP contribution in [0.15, 0.2) is 72.3 Å². The molecule has 8 nitrogen and oxygen atoms in total. The SMILES string of the molecule is COC(=O)c1ccnc(C=C(CNC(=O)OCC2c3ccccc3-c3ccccc32)B2OC(C)(C)C(C)(C)O2)c1. The van der Waals surface area contributed by atoms with Crippen LogP contribution in [0.1, 0.15) is 60.8 Å². The number of ether oxygens (including phenoxy) is 2. The van der Waals surface area contributed by atoms with E-state index in [9.17, 15) is 9.59 Å². The highest BCUT2D eigenvalue weighted by molar-refractivity contribution is 6.56. The molecule has 40 heavy (non-hydrogen) atoms. The van der Waals surface area contributed by atoms with Crippen molar-refractivity contribution < 1.29 is 28.4 Å². The third-order valence-electron chi connectivity index (χ3n) is 7.87. The highest BCUT2D eigenvalue weighted by atomic mass is 16.7. The molecule has 1 N–H and O–H groups in total. The van der Waals surface area contributed by atoms with E-state index >= 15 is 0 Å². The van der Waals surface area contributed by atoms with Gasteiger partial charge in [0.15, 0.2) is 0 Å². The molecule has 0 spiro atoms. The third kappa shape index (κ3) is 5.39. The summed E-state index contributed by atoms with van der Waals surface area (Å²) in [4.78, 5) is 29.3. The van der Waals surface area contributed by atoms with Crippen molar-refractivity contribution in [3.63, 3.8) is 0 Å². The minimum atomic E-state index is -0.734. The van der Waals surface area contributed by atoms with Crippen molar-refractivity contribution in [1.29, 1.82) is 0 Å². The standard InChI is InChI=1S/C31H33BN2O6/c1-30(2)31(3,4)40-32(39-30)21(17-22-16-20(14-15-33-22)28(35)37-5)18-34-29(36)38-19-27-25-12-8-6-10-23(25)24-11-7-9-13-26(24)27/h6-17,27H,18-19H2,1-5H3,(H,34,36). The fourth-order valence-electron chi connectivity index (χ4n) is 4.98. The monoisotopic (exact) mass is 540 g/mol. The predicted octanol–water partition coefficient (Wildman–Crippen LogP) is 5.42. The number of benzene rings is 2. The lowest BCUT2D eigenvalue weighted by atomic mass is 9.77. The Labute approximate surface area is 234 Å². The van der Waals surface area contributed by atoms with Gasteiger partial charge in [-0.25, -0.2) is 9.59 Å². The van der Waals surface area contributed by atoms with Crippen LogP contribution in [0.3, 0.4) is 0 Å². The lowest BCUT2D eigenvalue weighted by Gasteiger charge is -2.32. The van der Waals surface area contributed by atoms with E-state index in [0.717, 1.165) is 11.1 Å². The van der Waals surface area contributed by atoms with Gasteiger partial charge in [0, 0.05) is 18.7 Å². The first-order chi connectivity index (χ1) is 19.1. The van der Waals surface area contributed by atoms with Crippen LogP contribution >= 0.6 is 0 Å². The molecule has 1 saturated heterocycles. The van der Waals surface area contributed by atoms with Crippen molar-refractivity contribution in [2.75, 3.05) is 20.3 Å². The maximum atomic E-state index is 12.9. The Balaban J connectivity index is 1.32. The number of alkyl carbamates (subject to hydrolysis) is 1. The number of hydrogen-bond donors (Lipinski definition) is 1. The zero-order valence-corrected chi connectivity index (χ0v) is 23.4. The number of fused-ring (bicyclic) bond motifs is 3. The number of carbonyl (C=O) groups excluding carboxylic acids is 2. The van der Waals surface area contributed by atoms with Crippen LogP contribution in [0, 0.1) is 0 Å². The van der Waals surface area contributed by atoms with Gasteiger partial charge in [0.1, 0.15) is 6.61 Å². The van der Waals surface area contributed by atoms with Crippen molar-refractivity contribution in [3.8, 4) is 11.1 Å². The molecular weight excluding hydrogens is 507 g/mol. The maximum Gasteiger partial charge on any atom is 0.492 e. The highest BCUT2D eigenvalue weighted by Crippen LogP contribution is 2.44. The third-order valence-corrected chi connectivity index (χ3v) is 7.87. The largest absolute Gasteiger partial charge is 0.492 e. The second kappa shape index (κ2) is 10.9. The molecule has 0 saturated carbocycles. The molecule has 1 amide bonds. The number of aromatic nitrogens is 1.